The number of pyridine rings is 1. The predicted molar refractivity (Wildman–Crippen MR) is 139 cm³/mol. The summed E-state index contributed by atoms with van der Waals surface area (Å²) in [6.07, 6.45) is 5.56. The summed E-state index contributed by atoms with van der Waals surface area (Å²) in [5, 5.41) is 6.28. The number of carbonyl (C=O) groups excluding carboxylic acids is 2. The van der Waals surface area contributed by atoms with Crippen LogP contribution >= 0.6 is 11.6 Å². The minimum atomic E-state index is -0.527. The number of esters is 1. The highest BCUT2D eigenvalue weighted by atomic mass is 35.5. The number of likely N-dealkylation sites (N-methyl/N-ethyl adjacent to an activating group) is 1. The zero-order valence-corrected chi connectivity index (χ0v) is 21.0. The van der Waals surface area contributed by atoms with Crippen LogP contribution in [0.25, 0.3) is 10.9 Å². The molecule has 0 atom stereocenters. The molecule has 4 rings (SSSR count). The lowest BCUT2D eigenvalue weighted by Gasteiger charge is -2.31. The fourth-order valence-corrected chi connectivity index (χ4v) is 3.87. The van der Waals surface area contributed by atoms with Crippen molar-refractivity contribution in [2.24, 2.45) is 0 Å². The number of ether oxygens (including phenoxy) is 1. The number of amides is 1. The number of halogens is 2. The van der Waals surface area contributed by atoms with Gasteiger partial charge in [-0.3, -0.25) is 14.5 Å². The second kappa shape index (κ2) is 12.5. The Hall–Kier alpha value is -3.67. The number of hydrogen-bond donors (Lipinski definition) is 2. The molecule has 3 heterocycles. The molecule has 0 bridgehead atoms. The third-order valence-electron chi connectivity index (χ3n) is 5.78. The van der Waals surface area contributed by atoms with Crippen LogP contribution in [0.4, 0.5) is 21.7 Å². The zero-order valence-electron chi connectivity index (χ0n) is 20.3. The number of rotatable bonds is 9. The monoisotopic (exact) mass is 527 g/mol. The average molecular weight is 528 g/mol. The Morgan fingerprint density at radius 1 is 1.16 bits per heavy atom. The van der Waals surface area contributed by atoms with E-state index < -0.39 is 17.7 Å². The van der Waals surface area contributed by atoms with Crippen LogP contribution < -0.4 is 10.6 Å². The number of hydrogen-bond acceptors (Lipinski definition) is 9. The molecule has 3 aromatic rings. The molecule has 1 aromatic carbocycles. The number of nitrogens with one attached hydrogen (secondary N) is 2. The van der Waals surface area contributed by atoms with E-state index in [1.54, 1.807) is 6.07 Å². The summed E-state index contributed by atoms with van der Waals surface area (Å²) in [4.78, 5) is 41.4. The second-order valence-electron chi connectivity index (χ2n) is 8.52. The first kappa shape index (κ1) is 26.4. The molecule has 1 fully saturated rings. The second-order valence-corrected chi connectivity index (χ2v) is 8.93. The van der Waals surface area contributed by atoms with E-state index in [-0.39, 0.29) is 17.3 Å². The molecule has 0 aliphatic carbocycles. The lowest BCUT2D eigenvalue weighted by molar-refractivity contribution is -0.143. The molecule has 2 N–H and O–H groups in total. The van der Waals surface area contributed by atoms with Crippen molar-refractivity contribution in [3.05, 3.63) is 59.8 Å². The fourth-order valence-electron chi connectivity index (χ4n) is 3.69. The van der Waals surface area contributed by atoms with Gasteiger partial charge in [-0.05, 0) is 37.4 Å². The topological polar surface area (TPSA) is 113 Å². The highest BCUT2D eigenvalue weighted by Crippen LogP contribution is 2.26. The van der Waals surface area contributed by atoms with Crippen molar-refractivity contribution in [1.29, 1.82) is 0 Å². The van der Waals surface area contributed by atoms with E-state index in [9.17, 15) is 14.0 Å². The van der Waals surface area contributed by atoms with Gasteiger partial charge in [0.15, 0.2) is 0 Å². The van der Waals surface area contributed by atoms with Gasteiger partial charge >= 0.3 is 5.97 Å². The van der Waals surface area contributed by atoms with Gasteiger partial charge in [-0.25, -0.2) is 19.3 Å². The predicted octanol–water partition coefficient (Wildman–Crippen LogP) is 3.24. The van der Waals surface area contributed by atoms with Crippen molar-refractivity contribution in [1.82, 2.24) is 24.8 Å². The third-order valence-corrected chi connectivity index (χ3v) is 6.07. The van der Waals surface area contributed by atoms with Crippen molar-refractivity contribution in [3.8, 4) is 0 Å². The van der Waals surface area contributed by atoms with E-state index in [0.717, 1.165) is 26.2 Å². The summed E-state index contributed by atoms with van der Waals surface area (Å²) in [6, 6.07) is 5.83. The van der Waals surface area contributed by atoms with Crippen molar-refractivity contribution in [2.75, 3.05) is 57.0 Å². The molecule has 12 heteroatoms. The molecule has 37 heavy (non-hydrogen) atoms. The summed E-state index contributed by atoms with van der Waals surface area (Å²) in [5.74, 6) is -0.669. The van der Waals surface area contributed by atoms with E-state index in [0.29, 0.717) is 35.6 Å². The zero-order chi connectivity index (χ0) is 26.2. The summed E-state index contributed by atoms with van der Waals surface area (Å²) in [7, 11) is 2.09. The first-order chi connectivity index (χ1) is 17.9. The van der Waals surface area contributed by atoms with Crippen LogP contribution in [0.1, 0.15) is 6.42 Å². The minimum absolute atomic E-state index is 0.0105. The largest absolute Gasteiger partial charge is 0.464 e. The quantitative estimate of drug-likeness (QED) is 0.320. The van der Waals surface area contributed by atoms with Crippen LogP contribution in [-0.4, -0.2) is 83.0 Å². The molecule has 1 aliphatic heterocycles. The molecule has 1 aliphatic rings. The Bertz CT molecular complexity index is 1300. The van der Waals surface area contributed by atoms with Crippen LogP contribution in [-0.2, 0) is 14.3 Å². The van der Waals surface area contributed by atoms with Gasteiger partial charge in [-0.1, -0.05) is 17.7 Å². The van der Waals surface area contributed by atoms with Crippen LogP contribution in [0.2, 0.25) is 5.02 Å². The molecule has 0 unspecified atom stereocenters. The lowest BCUT2D eigenvalue weighted by Crippen LogP contribution is -2.45. The van der Waals surface area contributed by atoms with Gasteiger partial charge in [-0.15, -0.1) is 0 Å². The number of piperazine rings is 1. The SMILES string of the molecule is CN1CCN(CCOC(=O)C/C=C/C(=O)Nc2cc3c(Nc4ccc(F)c(Cl)c4)ncnc3cn2)CC1. The standard InChI is InChI=1S/C25H27ClFN7O3/c1-33-7-9-34(10-8-33)11-12-37-24(36)4-2-3-23(35)32-22-14-18-21(15-28-22)29-16-30-25(18)31-17-5-6-20(27)19(26)13-17/h2-3,5-6,13-16H,4,7-12H2,1H3,(H,28,32,35)(H,29,30,31)/b3-2+. The van der Waals surface area contributed by atoms with Crippen molar-refractivity contribution >= 4 is 51.7 Å². The van der Waals surface area contributed by atoms with E-state index in [4.69, 9.17) is 16.3 Å². The highest BCUT2D eigenvalue weighted by Gasteiger charge is 2.14. The van der Waals surface area contributed by atoms with Gasteiger partial charge < -0.3 is 20.3 Å². The van der Waals surface area contributed by atoms with E-state index >= 15 is 0 Å². The third kappa shape index (κ3) is 7.66. The molecule has 10 nitrogen and oxygen atoms in total. The Labute approximate surface area is 218 Å². The number of carbonyl (C=O) groups is 2. The van der Waals surface area contributed by atoms with Gasteiger partial charge in [0, 0.05) is 43.8 Å². The Morgan fingerprint density at radius 3 is 2.76 bits per heavy atom. The van der Waals surface area contributed by atoms with Crippen LogP contribution in [0, 0.1) is 5.82 Å². The van der Waals surface area contributed by atoms with Crippen LogP contribution in [0.3, 0.4) is 0 Å². The maximum Gasteiger partial charge on any atom is 0.309 e. The lowest BCUT2D eigenvalue weighted by atomic mass is 10.2. The van der Waals surface area contributed by atoms with E-state index in [1.165, 1.54) is 42.9 Å². The Kier molecular flexibility index (Phi) is 8.94. The molecule has 0 spiro atoms. The number of aromatic nitrogens is 3. The van der Waals surface area contributed by atoms with Crippen LogP contribution in [0.15, 0.2) is 48.9 Å². The van der Waals surface area contributed by atoms with Gasteiger partial charge in [0.1, 0.15) is 30.4 Å². The summed E-state index contributed by atoms with van der Waals surface area (Å²) >= 11 is 5.86. The molecule has 2 aromatic heterocycles. The molecule has 1 amide bonds. The summed E-state index contributed by atoms with van der Waals surface area (Å²) in [5.41, 5.74) is 1.07. The number of nitrogens with zero attached hydrogens (tertiary/aromatic N) is 5. The Morgan fingerprint density at radius 2 is 1.97 bits per heavy atom. The minimum Gasteiger partial charge on any atom is -0.464 e. The smallest absolute Gasteiger partial charge is 0.309 e. The van der Waals surface area contributed by atoms with Gasteiger partial charge in [-0.2, -0.15) is 0 Å². The number of benzene rings is 1. The van der Waals surface area contributed by atoms with E-state index in [1.807, 2.05) is 0 Å². The summed E-state index contributed by atoms with van der Waals surface area (Å²) in [6.45, 7) is 4.96. The number of fused-ring (bicyclic) bond motifs is 1. The molecule has 194 valence electrons. The maximum absolute atomic E-state index is 13.5. The highest BCUT2D eigenvalue weighted by molar-refractivity contribution is 6.31. The summed E-state index contributed by atoms with van der Waals surface area (Å²) < 4.78 is 18.7. The number of anilines is 3. The average Bonchev–Trinajstić information content (AvgIpc) is 2.88. The molecular formula is C25H27ClFN7O3. The molecular weight excluding hydrogens is 501 g/mol. The van der Waals surface area contributed by atoms with Crippen molar-refractivity contribution in [2.45, 2.75) is 6.42 Å². The normalized spacial score (nSPS) is 14.7. The van der Waals surface area contributed by atoms with Gasteiger partial charge in [0.25, 0.3) is 0 Å². The molecule has 0 radical (unpaired) electrons. The van der Waals surface area contributed by atoms with Gasteiger partial charge in [0.05, 0.1) is 23.2 Å². The van der Waals surface area contributed by atoms with Gasteiger partial charge in [0.2, 0.25) is 5.91 Å². The maximum atomic E-state index is 13.5. The molecule has 0 saturated carbocycles. The van der Waals surface area contributed by atoms with Crippen molar-refractivity contribution < 1.29 is 18.7 Å². The van der Waals surface area contributed by atoms with Crippen LogP contribution in [0.5, 0.6) is 0 Å². The van der Waals surface area contributed by atoms with E-state index in [2.05, 4.69) is 42.4 Å². The fraction of sp³-hybridized carbons (Fsp3) is 0.320. The Balaban J connectivity index is 1.29. The molecule has 1 saturated heterocycles. The van der Waals surface area contributed by atoms with Crippen molar-refractivity contribution in [3.63, 3.8) is 0 Å². The first-order valence-corrected chi connectivity index (χ1v) is 12.1. The first-order valence-electron chi connectivity index (χ1n) is 11.7.